The molecule has 4 heavy (non-hydrogen) atoms. The van der Waals surface area contributed by atoms with Crippen LogP contribution >= 0.6 is 0 Å². The maximum atomic E-state index is 0. The second kappa shape index (κ2) is 15.9. The Labute approximate surface area is 112 Å². The molecule has 0 aromatic rings. The van der Waals surface area contributed by atoms with E-state index in [0.29, 0.717) is 0 Å². The van der Waals surface area contributed by atoms with Gasteiger partial charge in [-0.05, 0) is 0 Å². The summed E-state index contributed by atoms with van der Waals surface area (Å²) in [7, 11) is 0. The average molecular weight is 334 g/mol. The first-order chi connectivity index (χ1) is 0. The van der Waals surface area contributed by atoms with Gasteiger partial charge in [-0.1, -0.05) is 0 Å². The van der Waals surface area contributed by atoms with Crippen LogP contribution in [-0.4, -0.2) is 45.5 Å². The van der Waals surface area contributed by atoms with Crippen LogP contribution in [0.15, 0.2) is 0 Å². The van der Waals surface area contributed by atoms with Gasteiger partial charge in [-0.15, -0.1) is 0 Å². The van der Waals surface area contributed by atoms with Crippen LogP contribution < -0.4 is 0 Å². The average Bonchev–Trinajstić information content (AvgIpc) is 0. The summed E-state index contributed by atoms with van der Waals surface area (Å²) in [6.45, 7) is 0. The Bertz CT molecular complexity index is 8.00. The molecule has 19 valence electrons. The molecule has 0 unspecified atom stereocenters. The van der Waals surface area contributed by atoms with Crippen molar-refractivity contribution >= 4 is 45.5 Å². The molecule has 0 nitrogen and oxygen atoms in total. The molecule has 0 N–H and O–H groups in total. The minimum absolute atomic E-state index is 0. The van der Waals surface area contributed by atoms with Crippen molar-refractivity contribution in [2.75, 3.05) is 0 Å². The molecule has 0 saturated heterocycles. The molecule has 0 aliphatic rings. The molecule has 0 bridgehead atoms. The minimum atomic E-state index is 0. The van der Waals surface area contributed by atoms with Gasteiger partial charge in [-0.2, -0.15) is 0 Å². The van der Waals surface area contributed by atoms with Crippen LogP contribution in [0.3, 0.4) is 0 Å². The predicted octanol–water partition coefficient (Wildman–Crippen LogP) is -0.386. The summed E-state index contributed by atoms with van der Waals surface area (Å²) < 4.78 is 0. The first-order valence-electron chi connectivity index (χ1n) is 0. The van der Waals surface area contributed by atoms with E-state index < -0.39 is 0 Å². The van der Waals surface area contributed by atoms with Crippen molar-refractivity contribution < 1.29 is 70.0 Å². The topological polar surface area (TPSA) is 0 Å². The van der Waals surface area contributed by atoms with Crippen molar-refractivity contribution in [3.8, 4) is 0 Å². The van der Waals surface area contributed by atoms with Gasteiger partial charge in [-0.25, -0.2) is 0 Å². The van der Waals surface area contributed by atoms with Crippen LogP contribution in [0, 0.1) is 35.6 Å². The summed E-state index contributed by atoms with van der Waals surface area (Å²) >= 11 is 0. The van der Waals surface area contributed by atoms with Crippen molar-refractivity contribution in [2.45, 2.75) is 0 Å². The summed E-state index contributed by atoms with van der Waals surface area (Å²) in [5.74, 6) is 0. The maximum absolute atomic E-state index is 0. The van der Waals surface area contributed by atoms with E-state index in [9.17, 15) is 0 Å². The SMILES string of the molecule is [Cr].[Fe].[La].[Sr]. The second-order valence-corrected chi connectivity index (χ2v) is 0. The Morgan fingerprint density at radius 1 is 1.00 bits per heavy atom. The van der Waals surface area contributed by atoms with E-state index >= 15 is 0 Å². The van der Waals surface area contributed by atoms with Crippen molar-refractivity contribution in [1.29, 1.82) is 0 Å². The summed E-state index contributed by atoms with van der Waals surface area (Å²) in [5, 5.41) is 0. The van der Waals surface area contributed by atoms with Crippen molar-refractivity contribution in [3.05, 3.63) is 0 Å². The van der Waals surface area contributed by atoms with E-state index in [0.717, 1.165) is 0 Å². The van der Waals surface area contributed by atoms with E-state index in [1.165, 1.54) is 0 Å². The molecule has 0 spiro atoms. The van der Waals surface area contributed by atoms with Gasteiger partial charge in [0, 0.05) is 116 Å². The third-order valence-corrected chi connectivity index (χ3v) is 0. The smallest absolute Gasteiger partial charge is 0 e. The summed E-state index contributed by atoms with van der Waals surface area (Å²) in [6, 6.07) is 0. The molecule has 0 aromatic heterocycles. The number of hydrogen-bond donors (Lipinski definition) is 0. The molecule has 0 aliphatic heterocycles. The molecule has 0 saturated carbocycles. The van der Waals surface area contributed by atoms with Crippen LogP contribution in [0.2, 0.25) is 0 Å². The molecule has 0 atom stereocenters. The van der Waals surface area contributed by atoms with Crippen molar-refractivity contribution in [1.82, 2.24) is 0 Å². The van der Waals surface area contributed by atoms with Gasteiger partial charge in [-0.3, -0.25) is 0 Å². The van der Waals surface area contributed by atoms with Gasteiger partial charge >= 0.3 is 0 Å². The zero-order chi connectivity index (χ0) is 0. The molecule has 4 heteroatoms. The van der Waals surface area contributed by atoms with Gasteiger partial charge in [0.2, 0.25) is 0 Å². The molecule has 0 rings (SSSR count). The first-order valence-corrected chi connectivity index (χ1v) is 0. The normalized spacial score (nSPS) is 0. The Morgan fingerprint density at radius 2 is 1.00 bits per heavy atom. The standard InChI is InChI=1S/Cr.Fe.La.Sr. The molecular formula is CrFeLaSr. The summed E-state index contributed by atoms with van der Waals surface area (Å²) in [6.07, 6.45) is 0. The summed E-state index contributed by atoms with van der Waals surface area (Å²) in [4.78, 5) is 0. The van der Waals surface area contributed by atoms with E-state index in [1.54, 1.807) is 0 Å². The Balaban J connectivity index is 0. The quantitative estimate of drug-likeness (QED) is 0.530. The van der Waals surface area contributed by atoms with Gasteiger partial charge < -0.3 is 0 Å². The van der Waals surface area contributed by atoms with E-state index in [2.05, 4.69) is 0 Å². The maximum Gasteiger partial charge on any atom is 0 e. The Morgan fingerprint density at radius 3 is 1.00 bits per heavy atom. The minimum Gasteiger partial charge on any atom is 0 e. The molecule has 3 radical (unpaired) electrons. The van der Waals surface area contributed by atoms with E-state index in [1.807, 2.05) is 0 Å². The Hall–Kier alpha value is 3.73. The van der Waals surface area contributed by atoms with E-state index in [-0.39, 0.29) is 116 Å². The molecule has 0 aliphatic carbocycles. The van der Waals surface area contributed by atoms with Crippen LogP contribution in [0.4, 0.5) is 0 Å². The number of rotatable bonds is 0. The van der Waals surface area contributed by atoms with Crippen LogP contribution in [0.1, 0.15) is 0 Å². The van der Waals surface area contributed by atoms with Gasteiger partial charge in [0.25, 0.3) is 0 Å². The third-order valence-electron chi connectivity index (χ3n) is 0. The van der Waals surface area contributed by atoms with Crippen molar-refractivity contribution in [2.24, 2.45) is 0 Å². The number of hydrogen-bond acceptors (Lipinski definition) is 0. The van der Waals surface area contributed by atoms with E-state index in [4.69, 9.17) is 0 Å². The summed E-state index contributed by atoms with van der Waals surface area (Å²) in [5.41, 5.74) is 0. The molecule has 0 heterocycles. The van der Waals surface area contributed by atoms with Gasteiger partial charge in [0.1, 0.15) is 0 Å². The molecule has 0 amide bonds. The predicted molar refractivity (Wildman–Crippen MR) is 5.75 cm³/mol. The zero-order valence-electron chi connectivity index (χ0n) is 2.05. The van der Waals surface area contributed by atoms with Crippen LogP contribution in [0.25, 0.3) is 0 Å². The fourth-order valence-electron chi connectivity index (χ4n) is 0. The Kier molecular flexibility index (Phi) is 100.0. The van der Waals surface area contributed by atoms with Gasteiger partial charge in [0.15, 0.2) is 0 Å². The first kappa shape index (κ1) is 25.2. The third kappa shape index (κ3) is 9.21. The fraction of sp³-hybridized carbons (Fsp3) is 0. The fourth-order valence-corrected chi connectivity index (χ4v) is 0. The van der Waals surface area contributed by atoms with Crippen LogP contribution in [0.5, 0.6) is 0 Å². The van der Waals surface area contributed by atoms with Crippen LogP contribution in [-0.2, 0) is 34.4 Å². The largest absolute Gasteiger partial charge is 0 e. The molecule has 0 aromatic carbocycles. The molecule has 0 fully saturated rings. The monoisotopic (exact) mass is 335 g/mol. The zero-order valence-corrected chi connectivity index (χ0v) is 11.5. The second-order valence-electron chi connectivity index (χ2n) is 0. The van der Waals surface area contributed by atoms with Gasteiger partial charge in [0.05, 0.1) is 0 Å². The van der Waals surface area contributed by atoms with Crippen molar-refractivity contribution in [3.63, 3.8) is 0 Å². The molecular weight excluding hydrogens is 334 g/mol.